The van der Waals surface area contributed by atoms with Crippen molar-refractivity contribution >= 4 is 21.8 Å². The van der Waals surface area contributed by atoms with Gasteiger partial charge >= 0.3 is 0 Å². The molecule has 1 N–H and O–H groups in total. The Morgan fingerprint density at radius 2 is 2.09 bits per heavy atom. The number of aryl methyl sites for hydroxylation is 2. The van der Waals surface area contributed by atoms with E-state index in [1.807, 2.05) is 7.05 Å². The van der Waals surface area contributed by atoms with Crippen molar-refractivity contribution in [2.45, 2.75) is 39.0 Å². The van der Waals surface area contributed by atoms with Gasteiger partial charge in [-0.2, -0.15) is 0 Å². The van der Waals surface area contributed by atoms with Crippen LogP contribution in [0.2, 0.25) is 0 Å². The molecule has 4 heteroatoms. The average Bonchev–Trinajstić information content (AvgIpc) is 2.54. The summed E-state index contributed by atoms with van der Waals surface area (Å²) in [6, 6.07) is 6.35. The Balaban J connectivity index is 1.75. The van der Waals surface area contributed by atoms with Crippen LogP contribution in [-0.2, 0) is 11.2 Å². The highest BCUT2D eigenvalue weighted by Crippen LogP contribution is 2.21. The Morgan fingerprint density at radius 1 is 1.36 bits per heavy atom. The molecule has 1 aliphatic heterocycles. The molecule has 0 atom stereocenters. The molecule has 1 aromatic rings. The average molecular weight is 367 g/mol. The van der Waals surface area contributed by atoms with Crippen LogP contribution < -0.4 is 5.32 Å². The van der Waals surface area contributed by atoms with E-state index in [1.54, 1.807) is 0 Å². The van der Waals surface area contributed by atoms with E-state index in [1.165, 1.54) is 17.5 Å². The highest BCUT2D eigenvalue weighted by atomic mass is 79.9. The molecule has 1 fully saturated rings. The maximum absolute atomic E-state index is 12.3. The summed E-state index contributed by atoms with van der Waals surface area (Å²) in [7, 11) is 2.00. The number of hydrogen-bond donors (Lipinski definition) is 1. The molecule has 3 nitrogen and oxygen atoms in total. The third-order valence-corrected chi connectivity index (χ3v) is 5.51. The molecule has 0 aliphatic carbocycles. The topological polar surface area (TPSA) is 32.3 Å². The Hall–Kier alpha value is -0.870. The van der Waals surface area contributed by atoms with Crippen molar-refractivity contribution in [1.29, 1.82) is 0 Å². The van der Waals surface area contributed by atoms with E-state index in [0.717, 1.165) is 49.3 Å². The van der Waals surface area contributed by atoms with E-state index >= 15 is 0 Å². The quantitative estimate of drug-likeness (QED) is 0.834. The smallest absolute Gasteiger partial charge is 0.222 e. The van der Waals surface area contributed by atoms with E-state index in [0.29, 0.717) is 12.3 Å². The molecule has 0 aromatic heterocycles. The number of hydrogen-bond acceptors (Lipinski definition) is 2. The molecule has 1 saturated heterocycles. The van der Waals surface area contributed by atoms with Crippen LogP contribution >= 0.6 is 15.9 Å². The van der Waals surface area contributed by atoms with Crippen molar-refractivity contribution in [3.63, 3.8) is 0 Å². The fraction of sp³-hybridized carbons (Fsp3) is 0.611. The molecule has 1 heterocycles. The molecule has 2 rings (SSSR count). The van der Waals surface area contributed by atoms with Gasteiger partial charge in [-0.1, -0.05) is 28.1 Å². The van der Waals surface area contributed by atoms with E-state index in [2.05, 4.69) is 51.3 Å². The number of nitrogens with zero attached hydrogens (tertiary/aromatic N) is 1. The van der Waals surface area contributed by atoms with Crippen LogP contribution in [0.1, 0.15) is 36.8 Å². The summed E-state index contributed by atoms with van der Waals surface area (Å²) in [5.41, 5.74) is 2.48. The molecule has 0 radical (unpaired) electrons. The summed E-state index contributed by atoms with van der Waals surface area (Å²) in [5, 5.41) is 3.21. The van der Waals surface area contributed by atoms with Gasteiger partial charge in [-0.05, 0) is 69.3 Å². The third kappa shape index (κ3) is 5.10. The normalized spacial score (nSPS) is 16.0. The first kappa shape index (κ1) is 17.5. The zero-order chi connectivity index (χ0) is 15.9. The van der Waals surface area contributed by atoms with E-state index in [-0.39, 0.29) is 0 Å². The predicted molar refractivity (Wildman–Crippen MR) is 95.0 cm³/mol. The molecule has 0 saturated carbocycles. The summed E-state index contributed by atoms with van der Waals surface area (Å²) in [5.74, 6) is 1.10. The van der Waals surface area contributed by atoms with Crippen LogP contribution in [0.5, 0.6) is 0 Å². The second kappa shape index (κ2) is 8.68. The summed E-state index contributed by atoms with van der Waals surface area (Å²) in [4.78, 5) is 14.4. The number of carbonyl (C=O) groups excluding carboxylic acids is 1. The first-order valence-corrected chi connectivity index (χ1v) is 9.07. The fourth-order valence-corrected chi connectivity index (χ4v) is 3.34. The first-order chi connectivity index (χ1) is 10.6. The number of benzene rings is 1. The monoisotopic (exact) mass is 366 g/mol. The van der Waals surface area contributed by atoms with Gasteiger partial charge in [0, 0.05) is 24.0 Å². The zero-order valence-electron chi connectivity index (χ0n) is 13.7. The Bertz CT molecular complexity index is 496. The molecule has 0 unspecified atom stereocenters. The predicted octanol–water partition coefficient (Wildman–Crippen LogP) is 3.54. The van der Waals surface area contributed by atoms with Crippen molar-refractivity contribution < 1.29 is 4.79 Å². The van der Waals surface area contributed by atoms with Gasteiger partial charge < -0.3 is 10.2 Å². The number of carbonyl (C=O) groups is 1. The molecular weight excluding hydrogens is 340 g/mol. The lowest BCUT2D eigenvalue weighted by atomic mass is 9.93. The molecule has 0 bridgehead atoms. The maximum Gasteiger partial charge on any atom is 0.222 e. The minimum Gasteiger partial charge on any atom is -0.343 e. The molecule has 22 heavy (non-hydrogen) atoms. The molecule has 0 spiro atoms. The van der Waals surface area contributed by atoms with E-state index in [4.69, 9.17) is 0 Å². The SMILES string of the molecule is CNCCC1CCN(C(=O)CCc2ccc(Br)c(C)c2)CC1. The molecule has 122 valence electrons. The summed E-state index contributed by atoms with van der Waals surface area (Å²) >= 11 is 3.52. The highest BCUT2D eigenvalue weighted by Gasteiger charge is 2.22. The third-order valence-electron chi connectivity index (χ3n) is 4.62. The second-order valence-electron chi connectivity index (χ2n) is 6.30. The standard InChI is InChI=1S/C18H27BrN2O/c1-14-13-16(3-5-17(14)19)4-6-18(22)21-11-8-15(9-12-21)7-10-20-2/h3,5,13,15,20H,4,6-12H2,1-2H3. The zero-order valence-corrected chi connectivity index (χ0v) is 15.3. The number of piperidine rings is 1. The second-order valence-corrected chi connectivity index (χ2v) is 7.15. The van der Waals surface area contributed by atoms with Gasteiger partial charge in [0.1, 0.15) is 0 Å². The van der Waals surface area contributed by atoms with Crippen LogP contribution in [0.25, 0.3) is 0 Å². The van der Waals surface area contributed by atoms with Gasteiger partial charge in [0.2, 0.25) is 5.91 Å². The van der Waals surface area contributed by atoms with Crippen molar-refractivity contribution in [2.24, 2.45) is 5.92 Å². The van der Waals surface area contributed by atoms with Gasteiger partial charge in [-0.25, -0.2) is 0 Å². The van der Waals surface area contributed by atoms with Gasteiger partial charge in [-0.15, -0.1) is 0 Å². The van der Waals surface area contributed by atoms with Gasteiger partial charge in [-0.3, -0.25) is 4.79 Å². The number of amides is 1. The molecule has 1 aliphatic rings. The minimum atomic E-state index is 0.313. The molecule has 1 amide bonds. The van der Waals surface area contributed by atoms with Gasteiger partial charge in [0.05, 0.1) is 0 Å². The minimum absolute atomic E-state index is 0.313. The van der Waals surface area contributed by atoms with Crippen LogP contribution in [-0.4, -0.2) is 37.5 Å². The maximum atomic E-state index is 12.3. The lowest BCUT2D eigenvalue weighted by Gasteiger charge is -2.32. The fourth-order valence-electron chi connectivity index (χ4n) is 3.09. The van der Waals surface area contributed by atoms with Crippen molar-refractivity contribution in [3.8, 4) is 0 Å². The Labute approximate surface area is 142 Å². The van der Waals surface area contributed by atoms with Gasteiger partial charge in [0.15, 0.2) is 0 Å². The lowest BCUT2D eigenvalue weighted by molar-refractivity contribution is -0.132. The van der Waals surface area contributed by atoms with Crippen molar-refractivity contribution in [3.05, 3.63) is 33.8 Å². The number of halogens is 1. The first-order valence-electron chi connectivity index (χ1n) is 8.27. The summed E-state index contributed by atoms with van der Waals surface area (Å²) in [6.45, 7) is 5.05. The largest absolute Gasteiger partial charge is 0.343 e. The molecular formula is C18H27BrN2O. The number of nitrogens with one attached hydrogen (secondary N) is 1. The Kier molecular flexibility index (Phi) is 6.90. The van der Waals surface area contributed by atoms with E-state index < -0.39 is 0 Å². The van der Waals surface area contributed by atoms with E-state index in [9.17, 15) is 4.79 Å². The van der Waals surface area contributed by atoms with Crippen LogP contribution in [0.15, 0.2) is 22.7 Å². The number of rotatable bonds is 6. The summed E-state index contributed by atoms with van der Waals surface area (Å²) in [6.07, 6.45) is 5.02. The van der Waals surface area contributed by atoms with Crippen LogP contribution in [0, 0.1) is 12.8 Å². The Morgan fingerprint density at radius 3 is 2.73 bits per heavy atom. The van der Waals surface area contributed by atoms with Crippen LogP contribution in [0.4, 0.5) is 0 Å². The summed E-state index contributed by atoms with van der Waals surface area (Å²) < 4.78 is 1.13. The van der Waals surface area contributed by atoms with Crippen LogP contribution in [0.3, 0.4) is 0 Å². The molecule has 1 aromatic carbocycles. The lowest BCUT2D eigenvalue weighted by Crippen LogP contribution is -2.39. The van der Waals surface area contributed by atoms with Gasteiger partial charge in [0.25, 0.3) is 0 Å². The highest BCUT2D eigenvalue weighted by molar-refractivity contribution is 9.10. The van der Waals surface area contributed by atoms with Crippen molar-refractivity contribution in [2.75, 3.05) is 26.7 Å². The number of likely N-dealkylation sites (tertiary alicyclic amines) is 1. The van der Waals surface area contributed by atoms with Crippen molar-refractivity contribution in [1.82, 2.24) is 10.2 Å².